The van der Waals surface area contributed by atoms with E-state index in [1.807, 2.05) is 37.1 Å². The highest BCUT2D eigenvalue weighted by atomic mass is 32.1. The summed E-state index contributed by atoms with van der Waals surface area (Å²) in [6, 6.07) is 12.5. The highest BCUT2D eigenvalue weighted by Crippen LogP contribution is 2.31. The lowest BCUT2D eigenvalue weighted by Gasteiger charge is -2.32. The smallest absolute Gasteiger partial charge is 0.260 e. The Labute approximate surface area is 169 Å². The van der Waals surface area contributed by atoms with Crippen LogP contribution in [0, 0.1) is 12.8 Å². The van der Waals surface area contributed by atoms with E-state index >= 15 is 0 Å². The van der Waals surface area contributed by atoms with Gasteiger partial charge in [0.1, 0.15) is 0 Å². The van der Waals surface area contributed by atoms with Gasteiger partial charge in [-0.05, 0) is 50.7 Å². The molecule has 1 saturated heterocycles. The zero-order valence-corrected chi connectivity index (χ0v) is 17.3. The van der Waals surface area contributed by atoms with Crippen LogP contribution in [0.15, 0.2) is 47.4 Å². The molecule has 2 aromatic heterocycles. The number of nitrogens with zero attached hydrogens (tertiary/aromatic N) is 2. The molecule has 1 aliphatic heterocycles. The second-order valence-corrected chi connectivity index (χ2v) is 8.86. The molecule has 3 heterocycles. The van der Waals surface area contributed by atoms with Gasteiger partial charge in [-0.25, -0.2) is 0 Å². The van der Waals surface area contributed by atoms with Gasteiger partial charge in [0.2, 0.25) is 0 Å². The van der Waals surface area contributed by atoms with Crippen LogP contribution in [0.4, 0.5) is 0 Å². The van der Waals surface area contributed by atoms with Crippen LogP contribution in [-0.2, 0) is 13.0 Å². The van der Waals surface area contributed by atoms with Gasteiger partial charge < -0.3 is 9.47 Å². The van der Waals surface area contributed by atoms with Crippen LogP contribution in [0.3, 0.4) is 0 Å². The van der Waals surface area contributed by atoms with Gasteiger partial charge in [-0.2, -0.15) is 0 Å². The molecule has 1 aliphatic rings. The number of benzene rings is 1. The van der Waals surface area contributed by atoms with Gasteiger partial charge in [-0.3, -0.25) is 9.59 Å². The summed E-state index contributed by atoms with van der Waals surface area (Å²) < 4.78 is 2.59. The summed E-state index contributed by atoms with van der Waals surface area (Å²) in [5, 5.41) is 0.600. The van der Waals surface area contributed by atoms with Gasteiger partial charge in [0.15, 0.2) is 0 Å². The third-order valence-corrected chi connectivity index (χ3v) is 6.89. The molecule has 0 radical (unpaired) electrons. The Morgan fingerprint density at radius 2 is 1.86 bits per heavy atom. The zero-order valence-electron chi connectivity index (χ0n) is 16.5. The van der Waals surface area contributed by atoms with Gasteiger partial charge in [-0.1, -0.05) is 30.3 Å². The minimum atomic E-state index is -0.0494. The monoisotopic (exact) mass is 394 g/mol. The van der Waals surface area contributed by atoms with Crippen molar-refractivity contribution >= 4 is 27.3 Å². The molecule has 28 heavy (non-hydrogen) atoms. The highest BCUT2D eigenvalue weighted by Gasteiger charge is 2.28. The van der Waals surface area contributed by atoms with Crippen molar-refractivity contribution in [3.63, 3.8) is 0 Å². The summed E-state index contributed by atoms with van der Waals surface area (Å²) in [7, 11) is 0. The number of amides is 1. The number of pyridine rings is 1. The first kappa shape index (κ1) is 18.9. The number of carbonyl (C=O) groups excluding carboxylic acids is 1. The molecule has 5 heteroatoms. The van der Waals surface area contributed by atoms with E-state index in [9.17, 15) is 9.59 Å². The van der Waals surface area contributed by atoms with Crippen LogP contribution in [0.5, 0.6) is 0 Å². The number of rotatable bonds is 4. The Hall–Kier alpha value is -2.40. The third-order valence-electron chi connectivity index (χ3n) is 5.82. The Bertz CT molecular complexity index is 1040. The first-order chi connectivity index (χ1) is 13.6. The predicted molar refractivity (Wildman–Crippen MR) is 115 cm³/mol. The first-order valence-electron chi connectivity index (χ1n) is 10.0. The van der Waals surface area contributed by atoms with Crippen LogP contribution in [0.2, 0.25) is 0 Å². The van der Waals surface area contributed by atoms with E-state index in [0.717, 1.165) is 41.9 Å². The maximum atomic E-state index is 13.3. The van der Waals surface area contributed by atoms with E-state index in [2.05, 4.69) is 24.3 Å². The van der Waals surface area contributed by atoms with Crippen molar-refractivity contribution in [3.8, 4) is 0 Å². The van der Waals surface area contributed by atoms with Crippen LogP contribution in [-0.4, -0.2) is 28.5 Å². The fourth-order valence-corrected chi connectivity index (χ4v) is 5.26. The minimum absolute atomic E-state index is 0.0212. The Kier molecular flexibility index (Phi) is 5.36. The van der Waals surface area contributed by atoms with Gasteiger partial charge in [0.25, 0.3) is 11.5 Å². The van der Waals surface area contributed by atoms with Gasteiger partial charge in [-0.15, -0.1) is 11.3 Å². The first-order valence-corrected chi connectivity index (χ1v) is 10.9. The molecule has 0 bridgehead atoms. The zero-order chi connectivity index (χ0) is 19.7. The molecule has 0 saturated carbocycles. The summed E-state index contributed by atoms with van der Waals surface area (Å²) in [5.74, 6) is 0.636. The number of piperidine rings is 1. The van der Waals surface area contributed by atoms with E-state index in [-0.39, 0.29) is 11.5 Å². The fraction of sp³-hybridized carbons (Fsp3) is 0.391. The van der Waals surface area contributed by atoms with Gasteiger partial charge in [0.05, 0.1) is 10.9 Å². The molecule has 4 rings (SSSR count). The predicted octanol–water partition coefficient (Wildman–Crippen LogP) is 4.49. The standard InChI is InChI=1S/C23H26N2O2S/c1-3-24-14-11-19-21(23(24)27)20(16(2)28-19)22(26)25-12-9-18(10-13-25)15-17-7-5-4-6-8-17/h4-8,11,14,18H,3,9-10,12-13,15H2,1-2H3. The van der Waals surface area contributed by atoms with E-state index in [0.29, 0.717) is 23.4 Å². The van der Waals surface area contributed by atoms with Crippen molar-refractivity contribution in [2.45, 2.75) is 39.7 Å². The van der Waals surface area contributed by atoms with Crippen molar-refractivity contribution in [2.24, 2.45) is 5.92 Å². The fourth-order valence-electron chi connectivity index (χ4n) is 4.22. The quantitative estimate of drug-likeness (QED) is 0.654. The molecule has 0 spiro atoms. The van der Waals surface area contributed by atoms with E-state index in [1.165, 1.54) is 5.56 Å². The lowest BCUT2D eigenvalue weighted by atomic mass is 9.90. The molecule has 1 amide bonds. The average molecular weight is 395 g/mol. The van der Waals surface area contributed by atoms with Crippen LogP contribution in [0.1, 0.15) is 40.6 Å². The van der Waals surface area contributed by atoms with E-state index in [4.69, 9.17) is 0 Å². The second kappa shape index (κ2) is 7.92. The SMILES string of the molecule is CCn1ccc2sc(C)c(C(=O)N3CCC(Cc4ccccc4)CC3)c2c1=O. The number of carbonyl (C=O) groups is 1. The summed E-state index contributed by atoms with van der Waals surface area (Å²) in [6.45, 7) is 6.05. The molecule has 1 fully saturated rings. The lowest BCUT2D eigenvalue weighted by Crippen LogP contribution is -2.39. The summed E-state index contributed by atoms with van der Waals surface area (Å²) in [5.41, 5.74) is 1.94. The van der Waals surface area contributed by atoms with Gasteiger partial charge in [0, 0.05) is 35.4 Å². The molecular weight excluding hydrogens is 368 g/mol. The Balaban J connectivity index is 1.53. The molecule has 1 aromatic carbocycles. The minimum Gasteiger partial charge on any atom is -0.339 e. The number of fused-ring (bicyclic) bond motifs is 1. The summed E-state index contributed by atoms with van der Waals surface area (Å²) in [4.78, 5) is 29.0. The number of likely N-dealkylation sites (tertiary alicyclic amines) is 1. The molecule has 146 valence electrons. The average Bonchev–Trinajstić information content (AvgIpc) is 3.06. The second-order valence-electron chi connectivity index (χ2n) is 7.60. The van der Waals surface area contributed by atoms with E-state index in [1.54, 1.807) is 15.9 Å². The van der Waals surface area contributed by atoms with Gasteiger partial charge >= 0.3 is 0 Å². The largest absolute Gasteiger partial charge is 0.339 e. The maximum absolute atomic E-state index is 13.3. The van der Waals surface area contributed by atoms with Crippen molar-refractivity contribution in [1.29, 1.82) is 0 Å². The van der Waals surface area contributed by atoms with Crippen LogP contribution in [0.25, 0.3) is 10.1 Å². The third kappa shape index (κ3) is 3.51. The molecule has 0 N–H and O–H groups in total. The summed E-state index contributed by atoms with van der Waals surface area (Å²) in [6.07, 6.45) is 4.93. The van der Waals surface area contributed by atoms with E-state index < -0.39 is 0 Å². The molecule has 0 atom stereocenters. The number of hydrogen-bond acceptors (Lipinski definition) is 3. The molecule has 0 unspecified atom stereocenters. The maximum Gasteiger partial charge on any atom is 0.260 e. The van der Waals surface area contributed by atoms with Crippen molar-refractivity contribution in [1.82, 2.24) is 9.47 Å². The molecular formula is C23H26N2O2S. The molecule has 0 aliphatic carbocycles. The topological polar surface area (TPSA) is 42.3 Å². The number of aromatic nitrogens is 1. The number of hydrogen-bond donors (Lipinski definition) is 0. The lowest BCUT2D eigenvalue weighted by molar-refractivity contribution is 0.0692. The number of thiophene rings is 1. The highest BCUT2D eigenvalue weighted by molar-refractivity contribution is 7.19. The van der Waals surface area contributed by atoms with Crippen molar-refractivity contribution in [2.75, 3.05) is 13.1 Å². The molecule has 4 nitrogen and oxygen atoms in total. The van der Waals surface area contributed by atoms with Crippen LogP contribution < -0.4 is 5.56 Å². The Morgan fingerprint density at radius 3 is 2.54 bits per heavy atom. The Morgan fingerprint density at radius 1 is 1.14 bits per heavy atom. The van der Waals surface area contributed by atoms with Crippen molar-refractivity contribution in [3.05, 3.63) is 69.0 Å². The molecule has 3 aromatic rings. The van der Waals surface area contributed by atoms with Crippen molar-refractivity contribution < 1.29 is 4.79 Å². The number of aryl methyl sites for hydroxylation is 2. The van der Waals surface area contributed by atoms with Crippen LogP contribution >= 0.6 is 11.3 Å². The normalized spacial score (nSPS) is 15.3. The summed E-state index contributed by atoms with van der Waals surface area (Å²) >= 11 is 1.55.